The fourth-order valence-electron chi connectivity index (χ4n) is 2.95. The zero-order chi connectivity index (χ0) is 19.4. The topological polar surface area (TPSA) is 48.5 Å². The lowest BCUT2D eigenvalue weighted by Crippen LogP contribution is -2.52. The van der Waals surface area contributed by atoms with Gasteiger partial charge in [-0.25, -0.2) is 4.79 Å². The van der Waals surface area contributed by atoms with Crippen LogP contribution >= 0.6 is 11.6 Å². The molecule has 2 aromatic rings. The van der Waals surface area contributed by atoms with Gasteiger partial charge in [0.25, 0.3) is 0 Å². The van der Waals surface area contributed by atoms with E-state index in [9.17, 15) is 18.0 Å². The van der Waals surface area contributed by atoms with Crippen LogP contribution in [0.2, 0.25) is 5.02 Å². The Kier molecular flexibility index (Phi) is 5.74. The smallest absolute Gasteiger partial charge is 0.367 e. The molecule has 0 spiro atoms. The minimum absolute atomic E-state index is 0.0412. The van der Waals surface area contributed by atoms with E-state index in [1.165, 1.54) is 12.1 Å². The van der Waals surface area contributed by atoms with E-state index in [4.69, 9.17) is 11.6 Å². The number of aromatic nitrogens is 1. The fourth-order valence-corrected chi connectivity index (χ4v) is 3.13. The van der Waals surface area contributed by atoms with Crippen LogP contribution in [0.15, 0.2) is 42.7 Å². The molecule has 1 aromatic carbocycles. The van der Waals surface area contributed by atoms with E-state index in [0.29, 0.717) is 32.7 Å². The van der Waals surface area contributed by atoms with Crippen molar-refractivity contribution in [2.45, 2.75) is 12.7 Å². The Hall–Kier alpha value is -2.48. The quantitative estimate of drug-likeness (QED) is 0.855. The van der Waals surface area contributed by atoms with Crippen LogP contribution in [0.1, 0.15) is 11.1 Å². The molecular formula is C18H18ClF3N4O. The first-order valence-corrected chi connectivity index (χ1v) is 8.76. The Bertz CT molecular complexity index is 793. The Morgan fingerprint density at radius 2 is 1.93 bits per heavy atom. The number of nitrogens with one attached hydrogen (secondary N) is 1. The van der Waals surface area contributed by atoms with Crippen molar-refractivity contribution in [1.29, 1.82) is 0 Å². The maximum atomic E-state index is 13.3. The number of benzene rings is 1. The largest absolute Gasteiger partial charge is 0.418 e. The monoisotopic (exact) mass is 398 g/mol. The molecule has 0 aliphatic carbocycles. The predicted molar refractivity (Wildman–Crippen MR) is 96.7 cm³/mol. The zero-order valence-electron chi connectivity index (χ0n) is 14.3. The van der Waals surface area contributed by atoms with Crippen molar-refractivity contribution >= 4 is 23.3 Å². The molecule has 27 heavy (non-hydrogen) atoms. The van der Waals surface area contributed by atoms with Crippen LogP contribution in [0, 0.1) is 0 Å². The number of nitrogens with zero attached hydrogens (tertiary/aromatic N) is 3. The standard InChI is InChI=1S/C18H18ClF3N4O/c19-14-3-4-16(15(10-14)18(20,21)22)25-6-8-26(9-7-25)17(27)24-12-13-2-1-5-23-11-13/h1-5,10-11H,6-9,12H2,(H,24,27). The maximum absolute atomic E-state index is 13.3. The van der Waals surface area contributed by atoms with Gasteiger partial charge in [-0.2, -0.15) is 13.2 Å². The summed E-state index contributed by atoms with van der Waals surface area (Å²) in [4.78, 5) is 19.5. The lowest BCUT2D eigenvalue weighted by atomic mass is 10.1. The molecule has 1 aromatic heterocycles. The van der Waals surface area contributed by atoms with Crippen LogP contribution in [-0.4, -0.2) is 42.1 Å². The van der Waals surface area contributed by atoms with Crippen molar-refractivity contribution in [3.8, 4) is 0 Å². The molecular weight excluding hydrogens is 381 g/mol. The molecule has 1 saturated heterocycles. The highest BCUT2D eigenvalue weighted by Gasteiger charge is 2.36. The number of carbonyl (C=O) groups is 1. The first-order chi connectivity index (χ1) is 12.8. The van der Waals surface area contributed by atoms with Crippen LogP contribution in [0.25, 0.3) is 0 Å². The normalized spacial score (nSPS) is 15.0. The second kappa shape index (κ2) is 8.04. The molecule has 0 unspecified atom stereocenters. The van der Waals surface area contributed by atoms with Gasteiger partial charge in [-0.1, -0.05) is 17.7 Å². The van der Waals surface area contributed by atoms with Gasteiger partial charge in [-0.05, 0) is 29.8 Å². The van der Waals surface area contributed by atoms with Crippen molar-refractivity contribution in [3.05, 3.63) is 58.9 Å². The van der Waals surface area contributed by atoms with Gasteiger partial charge in [0, 0.05) is 55.8 Å². The molecule has 144 valence electrons. The van der Waals surface area contributed by atoms with E-state index >= 15 is 0 Å². The summed E-state index contributed by atoms with van der Waals surface area (Å²) >= 11 is 5.73. The van der Waals surface area contributed by atoms with E-state index in [0.717, 1.165) is 11.6 Å². The van der Waals surface area contributed by atoms with Crippen LogP contribution in [0.5, 0.6) is 0 Å². The van der Waals surface area contributed by atoms with E-state index in [1.807, 2.05) is 6.07 Å². The Balaban J connectivity index is 1.60. The maximum Gasteiger partial charge on any atom is 0.418 e. The van der Waals surface area contributed by atoms with Crippen molar-refractivity contribution in [2.75, 3.05) is 31.1 Å². The second-order valence-electron chi connectivity index (χ2n) is 6.15. The number of hydrogen-bond acceptors (Lipinski definition) is 3. The molecule has 1 N–H and O–H groups in total. The first kappa shape index (κ1) is 19.3. The third kappa shape index (κ3) is 4.82. The summed E-state index contributed by atoms with van der Waals surface area (Å²) in [5.41, 5.74) is 0.201. The third-order valence-electron chi connectivity index (χ3n) is 4.34. The van der Waals surface area contributed by atoms with Crippen molar-refractivity contribution < 1.29 is 18.0 Å². The third-order valence-corrected chi connectivity index (χ3v) is 4.57. The van der Waals surface area contributed by atoms with Crippen LogP contribution in [0.3, 0.4) is 0 Å². The molecule has 1 aliphatic heterocycles. The van der Waals surface area contributed by atoms with Crippen molar-refractivity contribution in [3.63, 3.8) is 0 Å². The van der Waals surface area contributed by atoms with Crippen LogP contribution in [-0.2, 0) is 12.7 Å². The summed E-state index contributed by atoms with van der Waals surface area (Å²) in [6, 6.07) is 7.15. The molecule has 1 aliphatic rings. The van der Waals surface area contributed by atoms with E-state index in [2.05, 4.69) is 10.3 Å². The van der Waals surface area contributed by atoms with Gasteiger partial charge in [0.15, 0.2) is 0 Å². The van der Waals surface area contributed by atoms with E-state index in [-0.39, 0.29) is 16.7 Å². The van der Waals surface area contributed by atoms with Gasteiger partial charge >= 0.3 is 12.2 Å². The summed E-state index contributed by atoms with van der Waals surface area (Å²) in [6.45, 7) is 1.63. The van der Waals surface area contributed by atoms with E-state index in [1.54, 1.807) is 28.3 Å². The molecule has 1 fully saturated rings. The average Bonchev–Trinajstić information content (AvgIpc) is 2.66. The minimum Gasteiger partial charge on any atom is -0.367 e. The molecule has 0 bridgehead atoms. The number of amides is 2. The molecule has 9 heteroatoms. The van der Waals surface area contributed by atoms with Gasteiger partial charge in [-0.15, -0.1) is 0 Å². The SMILES string of the molecule is O=C(NCc1cccnc1)N1CCN(c2ccc(Cl)cc2C(F)(F)F)CC1. The molecule has 0 saturated carbocycles. The highest BCUT2D eigenvalue weighted by atomic mass is 35.5. The first-order valence-electron chi connectivity index (χ1n) is 8.38. The number of hydrogen-bond donors (Lipinski definition) is 1. The number of carbonyl (C=O) groups excluding carboxylic acids is 1. The minimum atomic E-state index is -4.49. The lowest BCUT2D eigenvalue weighted by molar-refractivity contribution is -0.137. The molecule has 0 atom stereocenters. The number of rotatable bonds is 3. The van der Waals surface area contributed by atoms with Gasteiger partial charge in [-0.3, -0.25) is 4.98 Å². The van der Waals surface area contributed by atoms with Gasteiger partial charge in [0.1, 0.15) is 0 Å². The molecule has 5 nitrogen and oxygen atoms in total. The summed E-state index contributed by atoms with van der Waals surface area (Å²) in [5, 5.41) is 2.84. The molecule has 3 rings (SSSR count). The Morgan fingerprint density at radius 3 is 2.56 bits per heavy atom. The van der Waals surface area contributed by atoms with E-state index < -0.39 is 11.7 Å². The molecule has 2 amide bonds. The zero-order valence-corrected chi connectivity index (χ0v) is 15.1. The van der Waals surface area contributed by atoms with Gasteiger partial charge < -0.3 is 15.1 Å². The van der Waals surface area contributed by atoms with Gasteiger partial charge in [0.2, 0.25) is 0 Å². The molecule has 0 radical (unpaired) electrons. The second-order valence-corrected chi connectivity index (χ2v) is 6.59. The predicted octanol–water partition coefficient (Wildman–Crippen LogP) is 3.79. The average molecular weight is 399 g/mol. The number of urea groups is 1. The van der Waals surface area contributed by atoms with Gasteiger partial charge in [0.05, 0.1) is 5.56 Å². The number of halogens is 4. The van der Waals surface area contributed by atoms with Crippen LogP contribution < -0.4 is 10.2 Å². The highest BCUT2D eigenvalue weighted by molar-refractivity contribution is 6.30. The number of anilines is 1. The lowest BCUT2D eigenvalue weighted by Gasteiger charge is -2.37. The number of pyridine rings is 1. The summed E-state index contributed by atoms with van der Waals surface area (Å²) in [5.74, 6) is 0. The molecule has 2 heterocycles. The number of alkyl halides is 3. The highest BCUT2D eigenvalue weighted by Crippen LogP contribution is 2.38. The number of piperazine rings is 1. The van der Waals surface area contributed by atoms with Crippen LogP contribution in [0.4, 0.5) is 23.7 Å². The Morgan fingerprint density at radius 1 is 1.19 bits per heavy atom. The summed E-state index contributed by atoms with van der Waals surface area (Å²) in [6.07, 6.45) is -1.17. The Labute approximate surface area is 159 Å². The van der Waals surface area contributed by atoms with Crippen molar-refractivity contribution in [2.24, 2.45) is 0 Å². The van der Waals surface area contributed by atoms with Crippen molar-refractivity contribution in [1.82, 2.24) is 15.2 Å². The summed E-state index contributed by atoms with van der Waals surface area (Å²) in [7, 11) is 0. The fraction of sp³-hybridized carbons (Fsp3) is 0.333. The summed E-state index contributed by atoms with van der Waals surface area (Å²) < 4.78 is 39.9.